The lowest BCUT2D eigenvalue weighted by molar-refractivity contribution is 0.860. The number of aliphatic imine (C=N–C) groups is 2. The van der Waals surface area contributed by atoms with E-state index in [1.165, 1.54) is 0 Å². The SMILES string of the molecule is Pc1ccccc1C=NCC(Cl)CN=Cc1ccccc1P. The van der Waals surface area contributed by atoms with Gasteiger partial charge in [-0.05, 0) is 21.7 Å². The summed E-state index contributed by atoms with van der Waals surface area (Å²) in [5, 5.41) is 2.17. The molecule has 2 unspecified atom stereocenters. The predicted molar refractivity (Wildman–Crippen MR) is 106 cm³/mol. The lowest BCUT2D eigenvalue weighted by Gasteiger charge is -2.03. The van der Waals surface area contributed by atoms with E-state index in [0.29, 0.717) is 13.1 Å². The Kier molecular flexibility index (Phi) is 7.19. The highest BCUT2D eigenvalue weighted by Gasteiger charge is 2.01. The smallest absolute Gasteiger partial charge is 0.0726 e. The van der Waals surface area contributed by atoms with Gasteiger partial charge in [-0.3, -0.25) is 9.98 Å². The Labute approximate surface area is 141 Å². The summed E-state index contributed by atoms with van der Waals surface area (Å²) in [5.41, 5.74) is 2.19. The Morgan fingerprint density at radius 1 is 0.818 bits per heavy atom. The van der Waals surface area contributed by atoms with E-state index >= 15 is 0 Å². The Balaban J connectivity index is 1.82. The van der Waals surface area contributed by atoms with Gasteiger partial charge in [-0.1, -0.05) is 48.5 Å². The van der Waals surface area contributed by atoms with E-state index in [-0.39, 0.29) is 5.38 Å². The third-order valence-corrected chi connectivity index (χ3v) is 4.39. The van der Waals surface area contributed by atoms with Crippen LogP contribution in [-0.2, 0) is 0 Å². The molecule has 0 bridgehead atoms. The fraction of sp³-hybridized carbons (Fsp3) is 0.176. The van der Waals surface area contributed by atoms with Crippen LogP contribution in [0.2, 0.25) is 0 Å². The highest BCUT2D eigenvalue weighted by atomic mass is 35.5. The van der Waals surface area contributed by atoms with E-state index < -0.39 is 0 Å². The van der Waals surface area contributed by atoms with Crippen LogP contribution in [0, 0.1) is 0 Å². The minimum Gasteiger partial charge on any atom is -0.291 e. The summed E-state index contributed by atoms with van der Waals surface area (Å²) < 4.78 is 0. The highest BCUT2D eigenvalue weighted by Crippen LogP contribution is 2.02. The number of benzene rings is 2. The van der Waals surface area contributed by atoms with Crippen LogP contribution in [-0.4, -0.2) is 30.9 Å². The standard InChI is InChI=1S/C17H19ClN2P2/c18-15(11-19-9-13-5-1-3-7-16(13)21)12-20-10-14-6-2-4-8-17(14)22/h1-10,15H,11-12,21-22H2. The van der Waals surface area contributed by atoms with E-state index in [4.69, 9.17) is 11.6 Å². The maximum absolute atomic E-state index is 6.25. The van der Waals surface area contributed by atoms with Gasteiger partial charge < -0.3 is 0 Å². The van der Waals surface area contributed by atoms with Gasteiger partial charge in [0, 0.05) is 12.4 Å². The summed E-state index contributed by atoms with van der Waals surface area (Å²) in [7, 11) is 5.40. The molecular formula is C17H19ClN2P2. The maximum atomic E-state index is 6.25. The van der Waals surface area contributed by atoms with Crippen LogP contribution in [0.3, 0.4) is 0 Å². The molecule has 0 aliphatic carbocycles. The first-order valence-corrected chi connectivity index (χ1v) is 8.58. The van der Waals surface area contributed by atoms with Crippen molar-refractivity contribution in [1.29, 1.82) is 0 Å². The van der Waals surface area contributed by atoms with Crippen molar-refractivity contribution in [3.05, 3.63) is 59.7 Å². The molecule has 0 saturated carbocycles. The monoisotopic (exact) mass is 348 g/mol. The highest BCUT2D eigenvalue weighted by molar-refractivity contribution is 7.28. The molecule has 2 atom stereocenters. The summed E-state index contributed by atoms with van der Waals surface area (Å²) in [5.74, 6) is 0. The molecule has 0 saturated heterocycles. The Morgan fingerprint density at radius 2 is 1.23 bits per heavy atom. The fourth-order valence-electron chi connectivity index (χ4n) is 1.85. The van der Waals surface area contributed by atoms with E-state index in [1.54, 1.807) is 0 Å². The third kappa shape index (κ3) is 5.61. The van der Waals surface area contributed by atoms with Crippen molar-refractivity contribution in [2.45, 2.75) is 5.38 Å². The van der Waals surface area contributed by atoms with Gasteiger partial charge in [0.15, 0.2) is 0 Å². The topological polar surface area (TPSA) is 24.7 Å². The number of hydrogen-bond acceptors (Lipinski definition) is 2. The molecular weight excluding hydrogens is 330 g/mol. The zero-order valence-electron chi connectivity index (χ0n) is 12.2. The molecule has 0 spiro atoms. The summed E-state index contributed by atoms with van der Waals surface area (Å²) in [6, 6.07) is 16.1. The average molecular weight is 349 g/mol. The quantitative estimate of drug-likeness (QED) is 0.436. The molecule has 0 radical (unpaired) electrons. The van der Waals surface area contributed by atoms with Crippen molar-refractivity contribution in [1.82, 2.24) is 0 Å². The summed E-state index contributed by atoms with van der Waals surface area (Å²) in [6.07, 6.45) is 3.72. The first-order valence-electron chi connectivity index (χ1n) is 6.99. The minimum atomic E-state index is -0.0964. The average Bonchev–Trinajstić information content (AvgIpc) is 2.51. The number of rotatable bonds is 6. The molecule has 2 nitrogen and oxygen atoms in total. The molecule has 0 aromatic heterocycles. The molecule has 0 heterocycles. The molecule has 22 heavy (non-hydrogen) atoms. The first kappa shape index (κ1) is 17.3. The van der Waals surface area contributed by atoms with Crippen molar-refractivity contribution in [2.75, 3.05) is 13.1 Å². The second kappa shape index (κ2) is 9.16. The maximum Gasteiger partial charge on any atom is 0.0726 e. The molecule has 0 fully saturated rings. The van der Waals surface area contributed by atoms with Crippen molar-refractivity contribution >= 4 is 53.1 Å². The van der Waals surface area contributed by atoms with Crippen LogP contribution in [0.25, 0.3) is 0 Å². The number of nitrogens with zero attached hydrogens (tertiary/aromatic N) is 2. The van der Waals surface area contributed by atoms with Gasteiger partial charge in [0.1, 0.15) is 0 Å². The zero-order chi connectivity index (χ0) is 15.8. The van der Waals surface area contributed by atoms with E-state index in [0.717, 1.165) is 21.7 Å². The molecule has 0 aliphatic heterocycles. The van der Waals surface area contributed by atoms with Gasteiger partial charge in [0.25, 0.3) is 0 Å². The van der Waals surface area contributed by atoms with Crippen molar-refractivity contribution < 1.29 is 0 Å². The normalized spacial score (nSPS) is 13.0. The molecule has 114 valence electrons. The van der Waals surface area contributed by atoms with Crippen molar-refractivity contribution in [3.8, 4) is 0 Å². The van der Waals surface area contributed by atoms with E-state index in [9.17, 15) is 0 Å². The predicted octanol–water partition coefficient (Wildman–Crippen LogP) is 2.83. The molecule has 0 aliphatic rings. The number of halogens is 1. The first-order chi connectivity index (χ1) is 10.7. The summed E-state index contributed by atoms with van der Waals surface area (Å²) in [6.45, 7) is 1.11. The van der Waals surface area contributed by atoms with Gasteiger partial charge in [-0.2, -0.15) is 0 Å². The van der Waals surface area contributed by atoms with Gasteiger partial charge >= 0.3 is 0 Å². The lowest BCUT2D eigenvalue weighted by Crippen LogP contribution is -2.09. The summed E-state index contributed by atoms with van der Waals surface area (Å²) >= 11 is 6.25. The van der Waals surface area contributed by atoms with Gasteiger partial charge in [0.2, 0.25) is 0 Å². The Morgan fingerprint density at radius 3 is 1.64 bits per heavy atom. The fourth-order valence-corrected chi connectivity index (χ4v) is 2.57. The minimum absolute atomic E-state index is 0.0964. The van der Waals surface area contributed by atoms with E-state index in [2.05, 4.69) is 28.5 Å². The molecule has 2 aromatic carbocycles. The zero-order valence-corrected chi connectivity index (χ0v) is 15.3. The Bertz CT molecular complexity index is 614. The molecule has 0 amide bonds. The largest absolute Gasteiger partial charge is 0.291 e. The van der Waals surface area contributed by atoms with Crippen molar-refractivity contribution in [3.63, 3.8) is 0 Å². The molecule has 2 aromatic rings. The van der Waals surface area contributed by atoms with Gasteiger partial charge in [-0.25, -0.2) is 0 Å². The van der Waals surface area contributed by atoms with Gasteiger partial charge in [-0.15, -0.1) is 30.1 Å². The molecule has 5 heteroatoms. The van der Waals surface area contributed by atoms with Crippen LogP contribution < -0.4 is 10.6 Å². The number of alkyl halides is 1. The molecule has 0 N–H and O–H groups in total. The van der Waals surface area contributed by atoms with Crippen LogP contribution in [0.5, 0.6) is 0 Å². The lowest BCUT2D eigenvalue weighted by atomic mass is 10.2. The Hall–Kier alpha value is -1.07. The van der Waals surface area contributed by atoms with Gasteiger partial charge in [0.05, 0.1) is 18.5 Å². The third-order valence-electron chi connectivity index (χ3n) is 3.06. The summed E-state index contributed by atoms with van der Waals surface area (Å²) in [4.78, 5) is 8.79. The van der Waals surface area contributed by atoms with Crippen LogP contribution in [0.15, 0.2) is 58.5 Å². The van der Waals surface area contributed by atoms with E-state index in [1.807, 2.05) is 61.0 Å². The number of hydrogen-bond donors (Lipinski definition) is 0. The second-order valence-corrected chi connectivity index (χ2v) is 6.70. The van der Waals surface area contributed by atoms with Crippen LogP contribution in [0.4, 0.5) is 0 Å². The van der Waals surface area contributed by atoms with Crippen LogP contribution >= 0.6 is 30.1 Å². The molecule has 2 rings (SSSR count). The van der Waals surface area contributed by atoms with Crippen molar-refractivity contribution in [2.24, 2.45) is 9.98 Å². The van der Waals surface area contributed by atoms with Crippen LogP contribution in [0.1, 0.15) is 11.1 Å². The second-order valence-electron chi connectivity index (χ2n) is 4.84.